The van der Waals surface area contributed by atoms with Crippen molar-refractivity contribution in [2.45, 2.75) is 0 Å². The predicted molar refractivity (Wildman–Crippen MR) is 24.4 cm³/mol. The summed E-state index contributed by atoms with van der Waals surface area (Å²) in [6.07, 6.45) is -1.33. The lowest BCUT2D eigenvalue weighted by Crippen LogP contribution is -1.54. The summed E-state index contributed by atoms with van der Waals surface area (Å²) in [5.41, 5.74) is 0. The molecule has 0 amide bonds. The van der Waals surface area contributed by atoms with Gasteiger partial charge in [-0.3, -0.25) is 0 Å². The minimum atomic E-state index is -2.83. The number of halogens is 2. The summed E-state index contributed by atoms with van der Waals surface area (Å²) >= 11 is 0. The highest BCUT2D eigenvalue weighted by Gasteiger charge is 1.78. The van der Waals surface area contributed by atoms with E-state index in [4.69, 9.17) is 25.2 Å². The maximum atomic E-state index is 9.69. The number of carbonyl (C=O) groups is 1. The maximum absolute atomic E-state index is 9.69. The molecule has 0 rings (SSSR count). The second-order valence-corrected chi connectivity index (χ2v) is 0.430. The molecule has 0 aromatic heterocycles. The first-order valence-corrected chi connectivity index (χ1v) is 1.49. The number of nitrogens with one attached hydrogen (secondary N) is 2. The average Bonchev–Trinajstić information content (AvgIpc) is 1.65. The first kappa shape index (κ1) is 15.7. The molecule has 0 aromatic carbocycles. The van der Waals surface area contributed by atoms with Gasteiger partial charge in [0.2, 0.25) is 12.2 Å². The summed E-state index contributed by atoms with van der Waals surface area (Å²) in [6.45, 7) is 0. The van der Waals surface area contributed by atoms with Crippen LogP contribution < -0.4 is 0 Å². The van der Waals surface area contributed by atoms with Crippen LogP contribution in [0.1, 0.15) is 0 Å². The third kappa shape index (κ3) is 60.2. The van der Waals surface area contributed by atoms with Gasteiger partial charge in [0, 0.05) is 0 Å². The molecule has 0 fully saturated rings. The number of hydrogen-bond donors (Lipinski definition) is 2. The third-order valence-electron chi connectivity index (χ3n) is 0. The maximum Gasteiger partial charge on any atom is 0.483 e. The van der Waals surface area contributed by atoms with Gasteiger partial charge < -0.3 is 0 Å². The van der Waals surface area contributed by atoms with Gasteiger partial charge in [-0.05, 0) is 0 Å². The number of carbonyl (C=O) groups excluding carboxylic acids is 3. The molecule has 0 aromatic rings. The van der Waals surface area contributed by atoms with Gasteiger partial charge >= 0.3 is 6.29 Å². The Hall–Kier alpha value is -1.71. The van der Waals surface area contributed by atoms with Crippen LogP contribution >= 0.6 is 0 Å². The standard InChI is InChI=1S/CF2O.2CHNO/c2-1(3)4;2*2-1-3/h;2*2H. The molecule has 0 aliphatic rings. The molecule has 56 valence electrons. The number of hydrogen-bond acceptors (Lipinski definition) is 5. The van der Waals surface area contributed by atoms with Crippen LogP contribution in [0, 0.1) is 10.8 Å². The molecular formula is C3H2F2N2O3. The van der Waals surface area contributed by atoms with Gasteiger partial charge in [0.25, 0.3) is 0 Å². The van der Waals surface area contributed by atoms with Crippen LogP contribution in [0.25, 0.3) is 0 Å². The van der Waals surface area contributed by atoms with E-state index in [9.17, 15) is 8.78 Å². The molecule has 0 spiro atoms. The molecule has 0 unspecified atom stereocenters. The molecule has 0 saturated heterocycles. The second-order valence-electron chi connectivity index (χ2n) is 0.430. The Morgan fingerprint density at radius 2 is 1.10 bits per heavy atom. The summed E-state index contributed by atoms with van der Waals surface area (Å²) < 4.78 is 19.4. The molecule has 2 N–H and O–H groups in total. The topological polar surface area (TPSA) is 98.9 Å². The van der Waals surface area contributed by atoms with Gasteiger partial charge in [0.15, 0.2) is 0 Å². The highest BCUT2D eigenvalue weighted by Crippen LogP contribution is 1.70. The van der Waals surface area contributed by atoms with Crippen LogP contribution in [0.15, 0.2) is 0 Å². The van der Waals surface area contributed by atoms with Gasteiger partial charge in [-0.15, -0.1) is 8.78 Å². The van der Waals surface area contributed by atoms with E-state index in [0.29, 0.717) is 0 Å². The Balaban J connectivity index is -0.0000000750. The fourth-order valence-electron chi connectivity index (χ4n) is 0. The van der Waals surface area contributed by atoms with Crippen molar-refractivity contribution < 1.29 is 23.2 Å². The van der Waals surface area contributed by atoms with Crippen LogP contribution in [0.5, 0.6) is 0 Å². The van der Waals surface area contributed by atoms with Gasteiger partial charge in [-0.25, -0.2) is 25.2 Å². The van der Waals surface area contributed by atoms with Gasteiger partial charge in [0.05, 0.1) is 0 Å². The monoisotopic (exact) mass is 152 g/mol. The molecule has 0 heterocycles. The summed E-state index contributed by atoms with van der Waals surface area (Å²) in [6, 6.07) is 0. The van der Waals surface area contributed by atoms with E-state index < -0.39 is 6.29 Å². The lowest BCUT2D eigenvalue weighted by Gasteiger charge is -1.45. The van der Waals surface area contributed by atoms with E-state index in [1.165, 1.54) is 0 Å². The Morgan fingerprint density at radius 1 is 1.10 bits per heavy atom. The molecule has 0 aliphatic carbocycles. The average molecular weight is 152 g/mol. The van der Waals surface area contributed by atoms with Gasteiger partial charge in [0.1, 0.15) is 0 Å². The zero-order chi connectivity index (χ0) is 8.99. The molecule has 7 heteroatoms. The summed E-state index contributed by atoms with van der Waals surface area (Å²) in [4.78, 5) is 24.8. The normalized spacial score (nSPS) is 4.20. The van der Waals surface area contributed by atoms with Crippen molar-refractivity contribution in [2.75, 3.05) is 0 Å². The van der Waals surface area contributed by atoms with E-state index in [1.807, 2.05) is 0 Å². The van der Waals surface area contributed by atoms with Crippen LogP contribution in [-0.4, -0.2) is 18.5 Å². The van der Waals surface area contributed by atoms with Crippen LogP contribution in [0.3, 0.4) is 0 Å². The zero-order valence-electron chi connectivity index (χ0n) is 4.48. The third-order valence-corrected chi connectivity index (χ3v) is 0. The Kier molecular flexibility index (Phi) is 42.0. The van der Waals surface area contributed by atoms with Crippen molar-refractivity contribution in [3.8, 4) is 0 Å². The Morgan fingerprint density at radius 3 is 1.10 bits per heavy atom. The second kappa shape index (κ2) is 26.6. The van der Waals surface area contributed by atoms with E-state index in [2.05, 4.69) is 0 Å². The zero-order valence-corrected chi connectivity index (χ0v) is 4.48. The van der Waals surface area contributed by atoms with E-state index in [1.54, 1.807) is 0 Å². The molecule has 0 atom stereocenters. The van der Waals surface area contributed by atoms with Crippen molar-refractivity contribution in [2.24, 2.45) is 0 Å². The molecule has 0 aliphatic heterocycles. The minimum absolute atomic E-state index is 0.750. The first-order valence-electron chi connectivity index (χ1n) is 1.49. The molecule has 10 heavy (non-hydrogen) atoms. The van der Waals surface area contributed by atoms with Crippen molar-refractivity contribution in [1.82, 2.24) is 0 Å². The SMILES string of the molecule is N=C=O.N=C=O.O=C(F)F. The number of rotatable bonds is 0. The summed E-state index contributed by atoms with van der Waals surface area (Å²) in [5.74, 6) is 0. The minimum Gasteiger partial charge on any atom is -0.222 e. The van der Waals surface area contributed by atoms with E-state index in [-0.39, 0.29) is 0 Å². The highest BCUT2D eigenvalue weighted by molar-refractivity contribution is 5.55. The highest BCUT2D eigenvalue weighted by atomic mass is 19.3. The van der Waals surface area contributed by atoms with Crippen molar-refractivity contribution >= 4 is 18.5 Å². The first-order chi connectivity index (χ1) is 4.56. The lowest BCUT2D eigenvalue weighted by molar-refractivity contribution is 0.199. The lowest BCUT2D eigenvalue weighted by atomic mass is 11.6. The van der Waals surface area contributed by atoms with Crippen LogP contribution in [0.2, 0.25) is 0 Å². The fraction of sp³-hybridized carbons (Fsp3) is 0. The van der Waals surface area contributed by atoms with E-state index >= 15 is 0 Å². The van der Waals surface area contributed by atoms with Gasteiger partial charge in [-0.2, -0.15) is 0 Å². The van der Waals surface area contributed by atoms with Crippen molar-refractivity contribution in [1.29, 1.82) is 10.8 Å². The predicted octanol–water partition coefficient (Wildman–Crippen LogP) is 0.847. The largest absolute Gasteiger partial charge is 0.483 e. The number of isocyanates is 2. The summed E-state index contributed by atoms with van der Waals surface area (Å²) in [7, 11) is 0. The Bertz CT molecular complexity index is 130. The Labute approximate surface area is 53.7 Å². The van der Waals surface area contributed by atoms with Crippen molar-refractivity contribution in [3.05, 3.63) is 0 Å². The molecule has 5 nitrogen and oxygen atoms in total. The van der Waals surface area contributed by atoms with Crippen LogP contribution in [0.4, 0.5) is 13.6 Å². The fourth-order valence-corrected chi connectivity index (χ4v) is 0. The smallest absolute Gasteiger partial charge is 0.222 e. The quantitative estimate of drug-likeness (QED) is 0.305. The molecule has 0 bridgehead atoms. The van der Waals surface area contributed by atoms with E-state index in [0.717, 1.165) is 12.2 Å². The molecular weight excluding hydrogens is 150 g/mol. The molecule has 0 saturated carbocycles. The van der Waals surface area contributed by atoms with Gasteiger partial charge in [-0.1, -0.05) is 0 Å². The summed E-state index contributed by atoms with van der Waals surface area (Å²) in [5, 5.41) is 10.8. The van der Waals surface area contributed by atoms with Crippen molar-refractivity contribution in [3.63, 3.8) is 0 Å². The molecule has 0 radical (unpaired) electrons. The van der Waals surface area contributed by atoms with Crippen LogP contribution in [-0.2, 0) is 9.59 Å².